The molecule has 0 aliphatic heterocycles. The zero-order chi connectivity index (χ0) is 20.8. The van der Waals surface area contributed by atoms with Gasteiger partial charge in [0.25, 0.3) is 0 Å². The molecule has 0 aliphatic rings. The molecule has 3 aromatic rings. The van der Waals surface area contributed by atoms with E-state index < -0.39 is 11.7 Å². The van der Waals surface area contributed by atoms with Crippen molar-refractivity contribution in [3.63, 3.8) is 0 Å². The summed E-state index contributed by atoms with van der Waals surface area (Å²) in [6.07, 6.45) is 1.76. The number of ketones is 1. The van der Waals surface area contributed by atoms with Crippen LogP contribution in [0.25, 0.3) is 5.03 Å². The van der Waals surface area contributed by atoms with Gasteiger partial charge in [-0.2, -0.15) is 0 Å². The summed E-state index contributed by atoms with van der Waals surface area (Å²) in [6.45, 7) is 1.63. The second kappa shape index (κ2) is 9.59. The molecule has 3 rings (SSSR count). The molecule has 1 aromatic heterocycles. The minimum atomic E-state index is -0.621. The number of carbonyl (C=O) groups excluding carboxylic acids is 1. The molecule has 29 heavy (non-hydrogen) atoms. The van der Waals surface area contributed by atoms with Gasteiger partial charge in [-0.1, -0.05) is 71.7 Å². The fourth-order valence-electron chi connectivity index (χ4n) is 2.89. The summed E-state index contributed by atoms with van der Waals surface area (Å²) in [7, 11) is 0. The molecule has 0 amide bonds. The van der Waals surface area contributed by atoms with Crippen LogP contribution in [0.4, 0.5) is 5.69 Å². The maximum absolute atomic E-state index is 12.7. The predicted octanol–water partition coefficient (Wildman–Crippen LogP) is 5.94. The van der Waals surface area contributed by atoms with Crippen LogP contribution in [0, 0.1) is 6.92 Å². The monoisotopic (exact) mass is 427 g/mol. The molecule has 0 fully saturated rings. The van der Waals surface area contributed by atoms with Crippen LogP contribution in [0.3, 0.4) is 0 Å². The van der Waals surface area contributed by atoms with Gasteiger partial charge in [-0.05, 0) is 31.2 Å². The molecule has 4 nitrogen and oxygen atoms in total. The summed E-state index contributed by atoms with van der Waals surface area (Å²) in [5.74, 6) is 0.341. The topological polar surface area (TPSA) is 59.3 Å². The first-order valence-electron chi connectivity index (χ1n) is 9.02. The highest BCUT2D eigenvalue weighted by Gasteiger charge is 2.18. The van der Waals surface area contributed by atoms with Crippen molar-refractivity contribution < 1.29 is 9.21 Å². The number of benzene rings is 2. The molecule has 1 heterocycles. The van der Waals surface area contributed by atoms with Crippen molar-refractivity contribution >= 4 is 39.7 Å². The number of hydrogen-bond donors (Lipinski definition) is 1. The van der Waals surface area contributed by atoms with Gasteiger partial charge in [-0.15, -0.1) is 0 Å². The zero-order valence-electron chi connectivity index (χ0n) is 15.7. The Morgan fingerprint density at radius 3 is 2.34 bits per heavy atom. The van der Waals surface area contributed by atoms with Gasteiger partial charge in [0, 0.05) is 17.7 Å². The van der Waals surface area contributed by atoms with Crippen molar-refractivity contribution in [1.29, 1.82) is 0 Å². The van der Waals surface area contributed by atoms with Gasteiger partial charge in [0.05, 0.1) is 21.7 Å². The fourth-order valence-corrected chi connectivity index (χ4v) is 3.60. The van der Waals surface area contributed by atoms with Gasteiger partial charge in [0.15, 0.2) is 5.78 Å². The molecule has 1 unspecified atom stereocenters. The van der Waals surface area contributed by atoms with Gasteiger partial charge >= 0.3 is 5.63 Å². The lowest BCUT2D eigenvalue weighted by Gasteiger charge is -2.17. The van der Waals surface area contributed by atoms with E-state index in [-0.39, 0.29) is 27.8 Å². The van der Waals surface area contributed by atoms with E-state index in [1.807, 2.05) is 48.5 Å². The van der Waals surface area contributed by atoms with Gasteiger partial charge < -0.3 is 9.73 Å². The molecule has 1 atom stereocenters. The highest BCUT2D eigenvalue weighted by molar-refractivity contribution is 6.50. The summed E-state index contributed by atoms with van der Waals surface area (Å²) in [5.41, 5.74) is 0.876. The predicted molar refractivity (Wildman–Crippen MR) is 118 cm³/mol. The Morgan fingerprint density at radius 1 is 1.10 bits per heavy atom. The number of halogens is 2. The van der Waals surface area contributed by atoms with Gasteiger partial charge in [-0.3, -0.25) is 4.79 Å². The van der Waals surface area contributed by atoms with Crippen LogP contribution in [-0.4, -0.2) is 11.8 Å². The number of Topliss-reactive ketones (excluding diaryl/α,β-unsaturated/α-hetero) is 1. The number of hydrogen-bond acceptors (Lipinski definition) is 4. The maximum atomic E-state index is 12.7. The molecular formula is C23H19Cl2NO3. The van der Waals surface area contributed by atoms with Gasteiger partial charge in [0.2, 0.25) is 0 Å². The minimum Gasteiger partial charge on any atom is -0.428 e. The first kappa shape index (κ1) is 20.9. The van der Waals surface area contributed by atoms with E-state index in [9.17, 15) is 9.59 Å². The average molecular weight is 428 g/mol. The molecule has 6 heteroatoms. The third kappa shape index (κ3) is 5.59. The number of carbonyl (C=O) groups is 1. The van der Waals surface area contributed by atoms with Crippen molar-refractivity contribution in [1.82, 2.24) is 0 Å². The third-order valence-corrected chi connectivity index (χ3v) is 4.85. The van der Waals surface area contributed by atoms with Crippen molar-refractivity contribution in [2.45, 2.75) is 19.4 Å². The highest BCUT2D eigenvalue weighted by Crippen LogP contribution is 2.26. The van der Waals surface area contributed by atoms with E-state index in [0.29, 0.717) is 11.3 Å². The SMILES string of the molecule is Cc1cc(Cl)c(/C(Cl)=C/C(CC(=O)c2ccccc2)Nc2ccccc2)c(=O)o1. The molecule has 148 valence electrons. The smallest absolute Gasteiger partial charge is 0.346 e. The van der Waals surface area contributed by atoms with E-state index in [1.54, 1.807) is 25.1 Å². The second-order valence-corrected chi connectivity index (χ2v) is 7.31. The summed E-state index contributed by atoms with van der Waals surface area (Å²) in [4.78, 5) is 24.9. The molecule has 2 aromatic carbocycles. The number of para-hydroxylation sites is 1. The lowest BCUT2D eigenvalue weighted by Crippen LogP contribution is -2.22. The summed E-state index contributed by atoms with van der Waals surface area (Å²) in [6, 6.07) is 19.5. The molecule has 0 bridgehead atoms. The fraction of sp³-hybridized carbons (Fsp3) is 0.130. The molecule has 0 saturated carbocycles. The highest BCUT2D eigenvalue weighted by atomic mass is 35.5. The first-order chi connectivity index (χ1) is 13.9. The Hall–Kier alpha value is -2.82. The Labute approximate surface area is 178 Å². The molecule has 0 aliphatic carbocycles. The molecule has 0 radical (unpaired) electrons. The number of rotatable bonds is 7. The molecular weight excluding hydrogens is 409 g/mol. The molecule has 0 spiro atoms. The summed E-state index contributed by atoms with van der Waals surface area (Å²) < 4.78 is 5.11. The Bertz CT molecular complexity index is 1080. The Kier molecular flexibility index (Phi) is 6.91. The lowest BCUT2D eigenvalue weighted by molar-refractivity contribution is 0.0981. The van der Waals surface area contributed by atoms with E-state index in [2.05, 4.69) is 5.32 Å². The normalized spacial score (nSPS) is 12.4. The van der Waals surface area contributed by atoms with Crippen molar-refractivity contribution in [2.24, 2.45) is 0 Å². The van der Waals surface area contributed by atoms with Crippen LogP contribution in [0.1, 0.15) is 28.1 Å². The minimum absolute atomic E-state index is 0.0539. The molecule has 0 saturated heterocycles. The van der Waals surface area contributed by atoms with E-state index in [4.69, 9.17) is 27.6 Å². The summed E-state index contributed by atoms with van der Waals surface area (Å²) in [5, 5.41) is 3.60. The largest absolute Gasteiger partial charge is 0.428 e. The van der Waals surface area contributed by atoms with Crippen LogP contribution in [0.5, 0.6) is 0 Å². The van der Waals surface area contributed by atoms with E-state index in [0.717, 1.165) is 5.69 Å². The quantitative estimate of drug-likeness (QED) is 0.474. The maximum Gasteiger partial charge on any atom is 0.346 e. The number of nitrogens with one attached hydrogen (secondary N) is 1. The van der Waals surface area contributed by atoms with Crippen LogP contribution < -0.4 is 10.9 Å². The lowest BCUT2D eigenvalue weighted by atomic mass is 10.0. The van der Waals surface area contributed by atoms with E-state index >= 15 is 0 Å². The third-order valence-electron chi connectivity index (χ3n) is 4.24. The summed E-state index contributed by atoms with van der Waals surface area (Å²) >= 11 is 12.6. The van der Waals surface area contributed by atoms with Crippen molar-refractivity contribution in [2.75, 3.05) is 5.32 Å². The molecule has 1 N–H and O–H groups in total. The van der Waals surface area contributed by atoms with Crippen LogP contribution >= 0.6 is 23.2 Å². The Morgan fingerprint density at radius 2 is 1.72 bits per heavy atom. The zero-order valence-corrected chi connectivity index (χ0v) is 17.2. The van der Waals surface area contributed by atoms with Crippen LogP contribution in [-0.2, 0) is 0 Å². The first-order valence-corrected chi connectivity index (χ1v) is 9.77. The second-order valence-electron chi connectivity index (χ2n) is 6.49. The van der Waals surface area contributed by atoms with Gasteiger partial charge in [0.1, 0.15) is 5.76 Å². The van der Waals surface area contributed by atoms with Gasteiger partial charge in [-0.25, -0.2) is 4.79 Å². The van der Waals surface area contributed by atoms with Crippen molar-refractivity contribution in [3.8, 4) is 0 Å². The van der Waals surface area contributed by atoms with Crippen LogP contribution in [0.2, 0.25) is 5.02 Å². The van der Waals surface area contributed by atoms with Crippen LogP contribution in [0.15, 0.2) is 82.0 Å². The average Bonchev–Trinajstić information content (AvgIpc) is 2.68. The number of anilines is 1. The van der Waals surface area contributed by atoms with E-state index in [1.165, 1.54) is 6.07 Å². The van der Waals surface area contributed by atoms with Crippen molar-refractivity contribution in [3.05, 3.63) is 105 Å². The number of aryl methyl sites for hydroxylation is 1. The standard InChI is InChI=1S/C23H19Cl2NO3/c1-15-12-19(24)22(23(28)29-15)20(25)13-18(26-17-10-6-3-7-11-17)14-21(27)16-8-4-2-5-9-16/h2-13,18,26H,14H2,1H3/b20-13-. The Balaban J connectivity index is 1.93.